The molecule has 0 saturated carbocycles. The van der Waals surface area contributed by atoms with Gasteiger partial charge >= 0.3 is 6.18 Å². The number of alkyl halides is 3. The first-order valence-corrected chi connectivity index (χ1v) is 4.22. The molecule has 0 atom stereocenters. The molecule has 1 aromatic rings. The Morgan fingerprint density at radius 2 is 2.00 bits per heavy atom. The van der Waals surface area contributed by atoms with Crippen LogP contribution in [0.4, 0.5) is 13.2 Å². The second-order valence-corrected chi connectivity index (χ2v) is 4.19. The van der Waals surface area contributed by atoms with Gasteiger partial charge < -0.3 is 0 Å². The molecule has 6 heteroatoms. The molecule has 0 aliphatic rings. The van der Waals surface area contributed by atoms with Gasteiger partial charge in [0.2, 0.25) is 0 Å². The van der Waals surface area contributed by atoms with Gasteiger partial charge in [0.25, 0.3) is 0 Å². The van der Waals surface area contributed by atoms with E-state index in [0.29, 0.717) is 20.8 Å². The second kappa shape index (κ2) is 2.75. The molecule has 0 fully saturated rings. The van der Waals surface area contributed by atoms with Crippen LogP contribution >= 0.6 is 27.3 Å². The first kappa shape index (κ1) is 8.99. The lowest BCUT2D eigenvalue weighted by atomic mass is 10.6. The van der Waals surface area contributed by atoms with Crippen molar-refractivity contribution < 1.29 is 13.2 Å². The van der Waals surface area contributed by atoms with Crippen molar-refractivity contribution in [1.82, 2.24) is 4.98 Å². The summed E-state index contributed by atoms with van der Waals surface area (Å²) in [6, 6.07) is 0. The summed E-state index contributed by atoms with van der Waals surface area (Å²) in [5, 5.41) is -0.804. The average Bonchev–Trinajstić information content (AvgIpc) is 2.11. The number of aromatic nitrogens is 1. The van der Waals surface area contributed by atoms with Crippen LogP contribution in [-0.2, 0) is 6.18 Å². The van der Waals surface area contributed by atoms with Crippen LogP contribution < -0.4 is 0 Å². The lowest BCUT2D eigenvalue weighted by Gasteiger charge is -1.98. The lowest BCUT2D eigenvalue weighted by molar-refractivity contribution is -0.137. The Hall–Kier alpha value is -0.100. The first-order valence-electron chi connectivity index (χ1n) is 2.61. The van der Waals surface area contributed by atoms with Gasteiger partial charge in [-0.2, -0.15) is 13.2 Å². The molecule has 0 radical (unpaired) electrons. The smallest absolute Gasteiger partial charge is 0.236 e. The van der Waals surface area contributed by atoms with Crippen LogP contribution in [0, 0.1) is 6.92 Å². The molecule has 1 rings (SSSR count). The molecule has 1 aromatic heterocycles. The maximum Gasteiger partial charge on any atom is 0.443 e. The number of nitrogens with zero attached hydrogens (tertiary/aromatic N) is 1. The van der Waals surface area contributed by atoms with E-state index in [2.05, 4.69) is 20.9 Å². The minimum atomic E-state index is -4.32. The van der Waals surface area contributed by atoms with E-state index in [-0.39, 0.29) is 0 Å². The molecule has 0 saturated heterocycles. The van der Waals surface area contributed by atoms with Crippen molar-refractivity contribution in [1.29, 1.82) is 0 Å². The normalized spacial score (nSPS) is 12.1. The van der Waals surface area contributed by atoms with E-state index in [4.69, 9.17) is 0 Å². The molecule has 0 bridgehead atoms. The van der Waals surface area contributed by atoms with Crippen molar-refractivity contribution in [3.05, 3.63) is 14.5 Å². The number of hydrogen-bond donors (Lipinski definition) is 0. The van der Waals surface area contributed by atoms with E-state index in [0.717, 1.165) is 0 Å². The SMILES string of the molecule is Cc1nc(C(F)(F)F)sc1Br. The summed E-state index contributed by atoms with van der Waals surface area (Å²) in [6.45, 7) is 1.52. The Morgan fingerprint density at radius 3 is 2.18 bits per heavy atom. The van der Waals surface area contributed by atoms with Crippen molar-refractivity contribution in [3.63, 3.8) is 0 Å². The Bertz CT molecular complexity index is 248. The van der Waals surface area contributed by atoms with Gasteiger partial charge in [-0.15, -0.1) is 11.3 Å². The van der Waals surface area contributed by atoms with Gasteiger partial charge in [-0.25, -0.2) is 4.98 Å². The van der Waals surface area contributed by atoms with Crippen LogP contribution in [0.25, 0.3) is 0 Å². The quantitative estimate of drug-likeness (QED) is 0.684. The van der Waals surface area contributed by atoms with Crippen molar-refractivity contribution in [2.24, 2.45) is 0 Å². The fraction of sp³-hybridized carbons (Fsp3) is 0.400. The minimum absolute atomic E-state index is 0.377. The van der Waals surface area contributed by atoms with Crippen molar-refractivity contribution >= 4 is 27.3 Å². The summed E-state index contributed by atoms with van der Waals surface area (Å²) < 4.78 is 36.2. The molecule has 1 nitrogen and oxygen atoms in total. The van der Waals surface area contributed by atoms with Crippen LogP contribution in [0.3, 0.4) is 0 Å². The Kier molecular flexibility index (Phi) is 2.24. The zero-order chi connectivity index (χ0) is 8.65. The third-order valence-electron chi connectivity index (χ3n) is 0.982. The zero-order valence-electron chi connectivity index (χ0n) is 5.37. The molecule has 11 heavy (non-hydrogen) atoms. The zero-order valence-corrected chi connectivity index (χ0v) is 7.77. The largest absolute Gasteiger partial charge is 0.443 e. The van der Waals surface area contributed by atoms with E-state index >= 15 is 0 Å². The van der Waals surface area contributed by atoms with Gasteiger partial charge in [-0.1, -0.05) is 0 Å². The van der Waals surface area contributed by atoms with E-state index in [9.17, 15) is 13.2 Å². The summed E-state index contributed by atoms with van der Waals surface area (Å²) in [4.78, 5) is 3.33. The Labute approximate surface area is 73.4 Å². The monoisotopic (exact) mass is 245 g/mol. The first-order chi connectivity index (χ1) is 4.91. The molecule has 62 valence electrons. The molecule has 0 unspecified atom stereocenters. The van der Waals surface area contributed by atoms with Crippen LogP contribution in [0.1, 0.15) is 10.7 Å². The highest BCUT2D eigenvalue weighted by atomic mass is 79.9. The van der Waals surface area contributed by atoms with Crippen LogP contribution in [-0.4, -0.2) is 4.98 Å². The number of halogens is 4. The van der Waals surface area contributed by atoms with Crippen LogP contribution in [0.5, 0.6) is 0 Å². The minimum Gasteiger partial charge on any atom is -0.236 e. The summed E-state index contributed by atoms with van der Waals surface area (Å²) in [7, 11) is 0. The maximum atomic E-state index is 11.9. The third-order valence-corrected chi connectivity index (χ3v) is 3.03. The second-order valence-electron chi connectivity index (χ2n) is 1.88. The fourth-order valence-corrected chi connectivity index (χ4v) is 1.71. The van der Waals surface area contributed by atoms with Gasteiger partial charge in [0.15, 0.2) is 5.01 Å². The molecule has 0 aliphatic carbocycles. The fourth-order valence-electron chi connectivity index (χ4n) is 0.499. The molecule has 0 N–H and O–H groups in total. The van der Waals surface area contributed by atoms with Crippen molar-refractivity contribution in [2.75, 3.05) is 0 Å². The van der Waals surface area contributed by atoms with Gasteiger partial charge in [-0.3, -0.25) is 0 Å². The van der Waals surface area contributed by atoms with Crippen molar-refractivity contribution in [2.45, 2.75) is 13.1 Å². The molecular formula is C5H3BrF3NS. The number of thiazole rings is 1. The molecule has 0 aromatic carbocycles. The number of rotatable bonds is 0. The van der Waals surface area contributed by atoms with Gasteiger partial charge in [-0.05, 0) is 22.9 Å². The maximum absolute atomic E-state index is 11.9. The molecule has 1 heterocycles. The van der Waals surface area contributed by atoms with E-state index < -0.39 is 11.2 Å². The van der Waals surface area contributed by atoms with Crippen LogP contribution in [0.2, 0.25) is 0 Å². The van der Waals surface area contributed by atoms with E-state index in [1.807, 2.05) is 0 Å². The molecular weight excluding hydrogens is 243 g/mol. The lowest BCUT2D eigenvalue weighted by Crippen LogP contribution is -2.03. The predicted molar refractivity (Wildman–Crippen MR) is 39.6 cm³/mol. The van der Waals surface area contributed by atoms with Gasteiger partial charge in [0, 0.05) is 0 Å². The molecule has 0 aliphatic heterocycles. The summed E-state index contributed by atoms with van der Waals surface area (Å²) in [5.74, 6) is 0. The highest BCUT2D eigenvalue weighted by Gasteiger charge is 2.35. The molecule has 0 amide bonds. The van der Waals surface area contributed by atoms with E-state index in [1.54, 1.807) is 0 Å². The standard InChI is InChI=1S/C5H3BrF3NS/c1-2-3(6)11-4(10-2)5(7,8)9/h1H3. The van der Waals surface area contributed by atoms with E-state index in [1.165, 1.54) is 6.92 Å². The average molecular weight is 246 g/mol. The van der Waals surface area contributed by atoms with Gasteiger partial charge in [0.1, 0.15) is 0 Å². The van der Waals surface area contributed by atoms with Crippen LogP contribution in [0.15, 0.2) is 3.79 Å². The number of hydrogen-bond acceptors (Lipinski definition) is 2. The number of aryl methyl sites for hydroxylation is 1. The van der Waals surface area contributed by atoms with Gasteiger partial charge in [0.05, 0.1) is 9.48 Å². The predicted octanol–water partition coefficient (Wildman–Crippen LogP) is 3.23. The van der Waals surface area contributed by atoms with Crippen molar-refractivity contribution in [3.8, 4) is 0 Å². The summed E-state index contributed by atoms with van der Waals surface area (Å²) >= 11 is 3.57. The highest BCUT2D eigenvalue weighted by Crippen LogP contribution is 2.35. The highest BCUT2D eigenvalue weighted by molar-refractivity contribution is 9.11. The summed E-state index contributed by atoms with van der Waals surface area (Å²) in [6.07, 6.45) is -4.32. The Balaban J connectivity index is 3.08. The Morgan fingerprint density at radius 1 is 1.45 bits per heavy atom. The third kappa shape index (κ3) is 1.93. The molecule has 0 spiro atoms. The topological polar surface area (TPSA) is 12.9 Å². The summed E-state index contributed by atoms with van der Waals surface area (Å²) in [5.41, 5.74) is 0.377.